The molecule has 5 heteroatoms. The molecule has 198 valence electrons. The molecule has 0 radical (unpaired) electrons. The smallest absolute Gasteiger partial charge is 0.223 e. The van der Waals surface area contributed by atoms with E-state index in [1.807, 2.05) is 10.9 Å². The van der Waals surface area contributed by atoms with E-state index in [2.05, 4.69) is 51.6 Å². The Morgan fingerprint density at radius 1 is 1.17 bits per heavy atom. The molecule has 0 spiro atoms. The van der Waals surface area contributed by atoms with Crippen molar-refractivity contribution in [1.29, 1.82) is 0 Å². The highest BCUT2D eigenvalue weighted by molar-refractivity contribution is 5.78. The Bertz CT molecular complexity index is 1010. The van der Waals surface area contributed by atoms with Crippen LogP contribution in [0.1, 0.15) is 96.7 Å². The predicted molar refractivity (Wildman–Crippen MR) is 147 cm³/mol. The summed E-state index contributed by atoms with van der Waals surface area (Å²) in [5.74, 6) is 0.591. The number of amides is 1. The lowest BCUT2D eigenvalue weighted by Gasteiger charge is -2.36. The van der Waals surface area contributed by atoms with Crippen LogP contribution in [0.2, 0.25) is 0 Å². The van der Waals surface area contributed by atoms with E-state index in [9.17, 15) is 9.18 Å². The quantitative estimate of drug-likeness (QED) is 0.289. The zero-order valence-corrected chi connectivity index (χ0v) is 23.1. The summed E-state index contributed by atoms with van der Waals surface area (Å²) in [6.07, 6.45) is 12.1. The van der Waals surface area contributed by atoms with E-state index in [4.69, 9.17) is 0 Å². The molecule has 2 aromatic rings. The molecular weight excluding hydrogens is 449 g/mol. The summed E-state index contributed by atoms with van der Waals surface area (Å²) in [7, 11) is 0. The van der Waals surface area contributed by atoms with Crippen LogP contribution in [0.3, 0.4) is 0 Å². The van der Waals surface area contributed by atoms with Crippen LogP contribution in [-0.2, 0) is 11.2 Å². The molecule has 1 heterocycles. The zero-order valence-electron chi connectivity index (χ0n) is 23.1. The summed E-state index contributed by atoms with van der Waals surface area (Å²) >= 11 is 0. The first-order valence-electron chi connectivity index (χ1n) is 14.0. The second-order valence-electron chi connectivity index (χ2n) is 11.1. The largest absolute Gasteiger partial charge is 0.353 e. The van der Waals surface area contributed by atoms with Gasteiger partial charge in [-0.1, -0.05) is 59.1 Å². The number of hydrogen-bond donors (Lipinski definition) is 1. The molecule has 1 aromatic carbocycles. The lowest BCUT2D eigenvalue weighted by Crippen LogP contribution is -2.41. The van der Waals surface area contributed by atoms with Crippen molar-refractivity contribution in [1.82, 2.24) is 15.1 Å². The molecule has 1 aliphatic carbocycles. The molecule has 3 atom stereocenters. The fraction of sp³-hybridized carbons (Fsp3) is 0.613. The molecule has 1 aromatic heterocycles. The van der Waals surface area contributed by atoms with Gasteiger partial charge in [0, 0.05) is 17.7 Å². The Hall–Kier alpha value is -2.43. The maximum Gasteiger partial charge on any atom is 0.223 e. The van der Waals surface area contributed by atoms with E-state index < -0.39 is 0 Å². The van der Waals surface area contributed by atoms with Gasteiger partial charge in [0.1, 0.15) is 5.82 Å². The van der Waals surface area contributed by atoms with Crippen molar-refractivity contribution >= 4 is 5.91 Å². The maximum atomic E-state index is 13.4. The highest BCUT2D eigenvalue weighted by Gasteiger charge is 2.43. The van der Waals surface area contributed by atoms with Crippen LogP contribution < -0.4 is 5.32 Å². The van der Waals surface area contributed by atoms with Crippen LogP contribution in [0, 0.1) is 30.0 Å². The number of aromatic nitrogens is 2. The average molecular weight is 496 g/mol. The van der Waals surface area contributed by atoms with Crippen LogP contribution in [0.4, 0.5) is 4.39 Å². The summed E-state index contributed by atoms with van der Waals surface area (Å²) in [6.45, 7) is 15.5. The maximum absolute atomic E-state index is 13.4. The van der Waals surface area contributed by atoms with Crippen molar-refractivity contribution in [3.63, 3.8) is 0 Å². The fourth-order valence-electron chi connectivity index (χ4n) is 6.11. The van der Waals surface area contributed by atoms with Gasteiger partial charge >= 0.3 is 0 Å². The van der Waals surface area contributed by atoms with Crippen LogP contribution in [0.25, 0.3) is 5.69 Å². The third-order valence-electron chi connectivity index (χ3n) is 8.44. The molecule has 4 nitrogen and oxygen atoms in total. The highest BCUT2D eigenvalue weighted by Crippen LogP contribution is 2.51. The number of halogens is 1. The molecule has 0 bridgehead atoms. The molecule has 1 fully saturated rings. The van der Waals surface area contributed by atoms with Gasteiger partial charge in [0.25, 0.3) is 0 Å². The predicted octanol–water partition coefficient (Wildman–Crippen LogP) is 7.73. The molecule has 36 heavy (non-hydrogen) atoms. The average Bonchev–Trinajstić information content (AvgIpc) is 3.33. The second kappa shape index (κ2) is 12.7. The first-order valence-corrected chi connectivity index (χ1v) is 14.0. The third-order valence-corrected chi connectivity index (χ3v) is 8.44. The number of carbonyl (C=O) groups excluding carboxylic acids is 1. The molecule has 0 aliphatic heterocycles. The fourth-order valence-corrected chi connectivity index (χ4v) is 6.11. The minimum absolute atomic E-state index is 0.0373. The zero-order chi connectivity index (χ0) is 26.3. The van der Waals surface area contributed by atoms with Crippen LogP contribution >= 0.6 is 0 Å². The number of carbonyl (C=O) groups is 1. The monoisotopic (exact) mass is 495 g/mol. The second-order valence-corrected chi connectivity index (χ2v) is 11.1. The number of hydrogen-bond acceptors (Lipinski definition) is 2. The van der Waals surface area contributed by atoms with Crippen molar-refractivity contribution < 1.29 is 9.18 Å². The van der Waals surface area contributed by atoms with E-state index in [0.29, 0.717) is 5.92 Å². The molecule has 1 N–H and O–H groups in total. The van der Waals surface area contributed by atoms with Crippen molar-refractivity contribution in [2.75, 3.05) is 0 Å². The van der Waals surface area contributed by atoms with Gasteiger partial charge in [0.15, 0.2) is 0 Å². The van der Waals surface area contributed by atoms with Gasteiger partial charge in [-0.15, -0.1) is 0 Å². The summed E-state index contributed by atoms with van der Waals surface area (Å²) in [6, 6.07) is 6.68. The third kappa shape index (κ3) is 6.46. The van der Waals surface area contributed by atoms with E-state index in [0.717, 1.165) is 75.6 Å². The molecule has 1 amide bonds. The SMILES string of the molecule is C=C1CC[C@H](CC(CCC)NC(=O)C(CCC)CCC)[C@@]1(C)Cc1cnn(-c2ccc(F)cc2)c1C. The molecule has 3 rings (SSSR count). The standard InChI is InChI=1S/C31H46FN3O/c1-7-10-24(11-8-2)30(36)34-28(12-9-3)19-26-14-13-22(4)31(26,6)20-25-21-33-35(23(25)5)29-17-15-27(32)16-18-29/h15-18,21,24,26,28H,4,7-14,19-20H2,1-3,5-6H3,(H,34,36)/t26-,28?,31+/m1/s1. The number of nitrogens with zero attached hydrogens (tertiary/aromatic N) is 2. The van der Waals surface area contributed by atoms with Gasteiger partial charge in [0.05, 0.1) is 11.9 Å². The Balaban J connectivity index is 1.76. The number of rotatable bonds is 13. The first-order chi connectivity index (χ1) is 17.2. The van der Waals surface area contributed by atoms with Gasteiger partial charge in [-0.3, -0.25) is 4.79 Å². The molecule has 1 saturated carbocycles. The van der Waals surface area contributed by atoms with Crippen molar-refractivity contribution in [3.05, 3.63) is 59.7 Å². The minimum Gasteiger partial charge on any atom is -0.353 e. The Morgan fingerprint density at radius 2 is 1.81 bits per heavy atom. The molecule has 0 saturated heterocycles. The minimum atomic E-state index is -0.245. The van der Waals surface area contributed by atoms with Crippen LogP contribution in [0.5, 0.6) is 0 Å². The molecular formula is C31H46FN3O. The topological polar surface area (TPSA) is 46.9 Å². The van der Waals surface area contributed by atoms with Crippen molar-refractivity contribution in [2.45, 2.75) is 105 Å². The van der Waals surface area contributed by atoms with E-state index >= 15 is 0 Å². The van der Waals surface area contributed by atoms with Gasteiger partial charge in [0.2, 0.25) is 5.91 Å². The van der Waals surface area contributed by atoms with Crippen molar-refractivity contribution in [3.8, 4) is 5.69 Å². The van der Waals surface area contributed by atoms with E-state index in [1.54, 1.807) is 12.1 Å². The van der Waals surface area contributed by atoms with Crippen molar-refractivity contribution in [2.24, 2.45) is 17.3 Å². The first kappa shape index (κ1) is 28.1. The number of benzene rings is 1. The Kier molecular flexibility index (Phi) is 9.92. The summed E-state index contributed by atoms with van der Waals surface area (Å²) in [5, 5.41) is 8.09. The lowest BCUT2D eigenvalue weighted by atomic mass is 9.70. The van der Waals surface area contributed by atoms with E-state index in [1.165, 1.54) is 23.3 Å². The van der Waals surface area contributed by atoms with Gasteiger partial charge in [-0.05, 0) is 93.0 Å². The van der Waals surface area contributed by atoms with Crippen LogP contribution in [-0.4, -0.2) is 21.7 Å². The van der Waals surface area contributed by atoms with Gasteiger partial charge in [-0.25, -0.2) is 9.07 Å². The van der Waals surface area contributed by atoms with E-state index in [-0.39, 0.29) is 29.1 Å². The normalized spacial score (nSPS) is 20.8. The van der Waals surface area contributed by atoms with Gasteiger partial charge < -0.3 is 5.32 Å². The van der Waals surface area contributed by atoms with Gasteiger partial charge in [-0.2, -0.15) is 5.10 Å². The van der Waals surface area contributed by atoms with Crippen LogP contribution in [0.15, 0.2) is 42.6 Å². The molecule has 1 unspecified atom stereocenters. The highest BCUT2D eigenvalue weighted by atomic mass is 19.1. The number of nitrogens with one attached hydrogen (secondary N) is 1. The Labute approximate surface area is 217 Å². The lowest BCUT2D eigenvalue weighted by molar-refractivity contribution is -0.126. The number of allylic oxidation sites excluding steroid dienone is 1. The molecule has 1 aliphatic rings. The summed E-state index contributed by atoms with van der Waals surface area (Å²) < 4.78 is 15.3. The Morgan fingerprint density at radius 3 is 2.42 bits per heavy atom. The summed E-state index contributed by atoms with van der Waals surface area (Å²) in [4.78, 5) is 13.1. The summed E-state index contributed by atoms with van der Waals surface area (Å²) in [5.41, 5.74) is 4.42.